The number of aromatic nitrogens is 2. The van der Waals surface area contributed by atoms with E-state index in [-0.39, 0.29) is 5.95 Å². The van der Waals surface area contributed by atoms with Crippen LogP contribution in [0.25, 0.3) is 0 Å². The second kappa shape index (κ2) is 7.17. The van der Waals surface area contributed by atoms with E-state index in [0.717, 1.165) is 16.7 Å². The van der Waals surface area contributed by atoms with Gasteiger partial charge in [0.1, 0.15) is 5.82 Å². The minimum atomic E-state index is 0.157. The van der Waals surface area contributed by atoms with Crippen LogP contribution in [0.3, 0.4) is 0 Å². The highest BCUT2D eigenvalue weighted by atomic mass is 127. The van der Waals surface area contributed by atoms with E-state index in [1.54, 1.807) is 20.4 Å². The lowest BCUT2D eigenvalue weighted by Crippen LogP contribution is -2.04. The van der Waals surface area contributed by atoms with Crippen molar-refractivity contribution in [2.45, 2.75) is 6.42 Å². The van der Waals surface area contributed by atoms with E-state index in [1.165, 1.54) is 0 Å². The molecule has 0 saturated heterocycles. The average molecular weight is 410 g/mol. The number of methoxy groups -OCH3 is 2. The Balaban J connectivity index is 2.46. The molecule has 7 heteroatoms. The number of nitrogen functional groups attached to an aromatic ring is 2. The predicted octanol–water partition coefficient (Wildman–Crippen LogP) is 1.99. The summed E-state index contributed by atoms with van der Waals surface area (Å²) in [5, 5.41) is 0. The number of halogens is 1. The first kappa shape index (κ1) is 16.2. The molecule has 6 nitrogen and oxygen atoms in total. The van der Waals surface area contributed by atoms with Gasteiger partial charge in [0.25, 0.3) is 0 Å². The van der Waals surface area contributed by atoms with E-state index in [2.05, 4.69) is 19.8 Å². The lowest BCUT2D eigenvalue weighted by atomic mass is 10.0. The highest BCUT2D eigenvalue weighted by Crippen LogP contribution is 2.33. The van der Waals surface area contributed by atoms with E-state index in [0.29, 0.717) is 23.7 Å². The zero-order valence-electron chi connectivity index (χ0n) is 12.2. The van der Waals surface area contributed by atoms with Crippen molar-refractivity contribution in [3.8, 4) is 21.3 Å². The number of nitrogens with zero attached hydrogens (tertiary/aromatic N) is 2. The molecule has 0 aliphatic heterocycles. The maximum Gasteiger partial charge on any atom is 0.221 e. The van der Waals surface area contributed by atoms with Gasteiger partial charge in [0.2, 0.25) is 5.95 Å². The summed E-state index contributed by atoms with van der Waals surface area (Å²) >= 11 is 1.98. The Morgan fingerprint density at radius 3 is 2.59 bits per heavy atom. The van der Waals surface area contributed by atoms with Crippen LogP contribution in [-0.2, 0) is 6.42 Å². The van der Waals surface area contributed by atoms with Gasteiger partial charge in [0.15, 0.2) is 11.5 Å². The summed E-state index contributed by atoms with van der Waals surface area (Å²) in [6.07, 6.45) is 2.17. The Morgan fingerprint density at radius 1 is 1.23 bits per heavy atom. The van der Waals surface area contributed by atoms with Crippen LogP contribution in [-0.4, -0.2) is 24.2 Å². The molecule has 1 aromatic heterocycles. The Labute approximate surface area is 142 Å². The normalized spacial score (nSPS) is 9.77. The van der Waals surface area contributed by atoms with Crippen molar-refractivity contribution >= 4 is 34.4 Å². The summed E-state index contributed by atoms with van der Waals surface area (Å²) in [6, 6.07) is 3.82. The van der Waals surface area contributed by atoms with Crippen LogP contribution >= 0.6 is 22.6 Å². The molecule has 4 N–H and O–H groups in total. The van der Waals surface area contributed by atoms with Crippen LogP contribution in [0.2, 0.25) is 0 Å². The van der Waals surface area contributed by atoms with Gasteiger partial charge in [-0.25, -0.2) is 4.98 Å². The smallest absolute Gasteiger partial charge is 0.221 e. The van der Waals surface area contributed by atoms with Crippen molar-refractivity contribution in [1.82, 2.24) is 9.97 Å². The fraction of sp³-hybridized carbons (Fsp3) is 0.200. The van der Waals surface area contributed by atoms with Crippen molar-refractivity contribution in [2.24, 2.45) is 0 Å². The molecule has 0 unspecified atom stereocenters. The molecule has 0 bridgehead atoms. The van der Waals surface area contributed by atoms with Crippen LogP contribution in [0.5, 0.6) is 11.5 Å². The van der Waals surface area contributed by atoms with E-state index in [1.807, 2.05) is 34.7 Å². The predicted molar refractivity (Wildman–Crippen MR) is 94.1 cm³/mol. The maximum atomic E-state index is 5.88. The van der Waals surface area contributed by atoms with Crippen molar-refractivity contribution in [3.63, 3.8) is 0 Å². The van der Waals surface area contributed by atoms with Gasteiger partial charge in [-0.3, -0.25) is 0 Å². The first-order valence-corrected chi connectivity index (χ1v) is 7.40. The first-order valence-electron chi connectivity index (χ1n) is 6.32. The number of anilines is 2. The standard InChI is InChI=1S/C15H15IN4O2/c1-21-12-7-9(5-10(3-4-16)13(12)22-2)6-11-8-19-15(18)20-14(11)17/h5,7-8H,6H2,1-2H3,(H4,17,18,19,20). The van der Waals surface area contributed by atoms with Crippen LogP contribution in [0.15, 0.2) is 18.3 Å². The third-order valence-electron chi connectivity index (χ3n) is 3.03. The van der Waals surface area contributed by atoms with Crippen molar-refractivity contribution in [3.05, 3.63) is 35.0 Å². The summed E-state index contributed by atoms with van der Waals surface area (Å²) < 4.78 is 13.6. The van der Waals surface area contributed by atoms with Gasteiger partial charge >= 0.3 is 0 Å². The molecule has 1 aromatic carbocycles. The molecule has 0 saturated carbocycles. The quantitative estimate of drug-likeness (QED) is 0.592. The van der Waals surface area contributed by atoms with Crippen LogP contribution in [0.4, 0.5) is 11.8 Å². The van der Waals surface area contributed by atoms with E-state index >= 15 is 0 Å². The van der Waals surface area contributed by atoms with Gasteiger partial charge in [0, 0.05) is 40.8 Å². The average Bonchev–Trinajstić information content (AvgIpc) is 2.50. The second-order valence-corrected chi connectivity index (χ2v) is 4.95. The molecule has 22 heavy (non-hydrogen) atoms. The second-order valence-electron chi connectivity index (χ2n) is 4.41. The number of rotatable bonds is 4. The topological polar surface area (TPSA) is 96.3 Å². The molecule has 0 radical (unpaired) electrons. The third-order valence-corrected chi connectivity index (χ3v) is 3.30. The summed E-state index contributed by atoms with van der Waals surface area (Å²) in [5.74, 6) is 4.75. The summed E-state index contributed by atoms with van der Waals surface area (Å²) in [6.45, 7) is 0. The highest BCUT2D eigenvalue weighted by Gasteiger charge is 2.13. The largest absolute Gasteiger partial charge is 0.493 e. The number of ether oxygens (including phenoxy) is 2. The Bertz CT molecular complexity index is 753. The minimum Gasteiger partial charge on any atom is -0.493 e. The molecule has 2 aromatic rings. The van der Waals surface area contributed by atoms with Gasteiger partial charge in [-0.15, -0.1) is 0 Å². The molecule has 114 valence electrons. The van der Waals surface area contributed by atoms with Crippen LogP contribution in [0.1, 0.15) is 16.7 Å². The third kappa shape index (κ3) is 3.51. The van der Waals surface area contributed by atoms with Gasteiger partial charge in [-0.1, -0.05) is 5.92 Å². The number of hydrogen-bond acceptors (Lipinski definition) is 6. The van der Waals surface area contributed by atoms with Gasteiger partial charge < -0.3 is 20.9 Å². The lowest BCUT2D eigenvalue weighted by Gasteiger charge is -2.13. The van der Waals surface area contributed by atoms with Crippen LogP contribution < -0.4 is 20.9 Å². The molecule has 0 atom stereocenters. The zero-order chi connectivity index (χ0) is 16.1. The molecule has 1 heterocycles. The number of hydrogen-bond donors (Lipinski definition) is 2. The molecule has 0 spiro atoms. The molecular formula is C15H15IN4O2. The summed E-state index contributed by atoms with van der Waals surface area (Å²) in [4.78, 5) is 7.94. The fourth-order valence-electron chi connectivity index (χ4n) is 2.06. The van der Waals surface area contributed by atoms with Gasteiger partial charge in [0.05, 0.1) is 19.8 Å². The zero-order valence-corrected chi connectivity index (χ0v) is 14.3. The first-order chi connectivity index (χ1) is 10.6. The van der Waals surface area contributed by atoms with E-state index in [9.17, 15) is 0 Å². The minimum absolute atomic E-state index is 0.157. The van der Waals surface area contributed by atoms with Gasteiger partial charge in [-0.2, -0.15) is 4.98 Å². The number of nitrogens with two attached hydrogens (primary N) is 2. The number of benzene rings is 1. The summed E-state index contributed by atoms with van der Waals surface area (Å²) in [7, 11) is 3.17. The maximum absolute atomic E-state index is 5.88. The Hall–Kier alpha value is -2.21. The molecule has 0 aliphatic rings. The highest BCUT2D eigenvalue weighted by molar-refractivity contribution is 14.1. The molecule has 0 fully saturated rings. The van der Waals surface area contributed by atoms with E-state index in [4.69, 9.17) is 20.9 Å². The van der Waals surface area contributed by atoms with Crippen molar-refractivity contribution in [2.75, 3.05) is 25.7 Å². The molecular weight excluding hydrogens is 395 g/mol. The summed E-state index contributed by atoms with van der Waals surface area (Å²) in [5.41, 5.74) is 13.9. The SMILES string of the molecule is COc1cc(Cc2cnc(N)nc2N)cc(C#CI)c1OC. The van der Waals surface area contributed by atoms with Crippen molar-refractivity contribution < 1.29 is 9.47 Å². The molecule has 2 rings (SSSR count). The Morgan fingerprint density at radius 2 is 2.00 bits per heavy atom. The Kier molecular flexibility index (Phi) is 5.27. The molecule has 0 amide bonds. The molecule has 0 aliphatic carbocycles. The monoisotopic (exact) mass is 410 g/mol. The van der Waals surface area contributed by atoms with Crippen molar-refractivity contribution in [1.29, 1.82) is 0 Å². The van der Waals surface area contributed by atoms with Gasteiger partial charge in [-0.05, 0) is 21.6 Å². The lowest BCUT2D eigenvalue weighted by molar-refractivity contribution is 0.354. The van der Waals surface area contributed by atoms with E-state index < -0.39 is 0 Å². The fourth-order valence-corrected chi connectivity index (χ4v) is 2.35. The van der Waals surface area contributed by atoms with Crippen LogP contribution in [0, 0.1) is 9.85 Å².